The number of fused-ring (bicyclic) bond motifs is 2. The number of H-pyrrole nitrogens is 2. The number of nitrogens with zero attached hydrogens (tertiary/aromatic N) is 2. The van der Waals surface area contributed by atoms with Crippen molar-refractivity contribution < 1.29 is 49.3 Å². The number of aromatic amines is 2. The lowest BCUT2D eigenvalue weighted by Crippen LogP contribution is -2.31. The molecule has 8 rings (SSSR count). The van der Waals surface area contributed by atoms with Gasteiger partial charge in [0, 0.05) is 16.7 Å². The first-order valence-corrected chi connectivity index (χ1v) is 22.2. The van der Waals surface area contributed by atoms with Gasteiger partial charge in [0.1, 0.15) is 11.5 Å². The molecule has 6 aromatic carbocycles. The van der Waals surface area contributed by atoms with Gasteiger partial charge in [-0.15, -0.1) is 0 Å². The molecule has 2 heterocycles. The van der Waals surface area contributed by atoms with Gasteiger partial charge in [0.05, 0.1) is 32.6 Å². The third kappa shape index (κ3) is 12.1. The highest BCUT2D eigenvalue weighted by molar-refractivity contribution is 7.89. The van der Waals surface area contributed by atoms with E-state index in [1.807, 2.05) is 42.5 Å². The predicted octanol–water partition coefficient (Wildman–Crippen LogP) is 10.8. The second-order valence-corrected chi connectivity index (χ2v) is 17.5. The van der Waals surface area contributed by atoms with E-state index in [1.165, 1.54) is 30.3 Å². The lowest BCUT2D eigenvalue weighted by Gasteiger charge is -2.21. The Balaban J connectivity index is 0.000000201. The summed E-state index contributed by atoms with van der Waals surface area (Å²) in [5.74, 6) is 12.7. The van der Waals surface area contributed by atoms with Crippen LogP contribution < -0.4 is 14.6 Å². The Kier molecular flexibility index (Phi) is 13.8. The maximum absolute atomic E-state index is 12.6. The molecule has 0 aliphatic carbocycles. The SMILES string of the molecule is CC(Oc1ccc(C#Cc2nc3ccc(-c4ccccc4C(C)(C)O)cc3[nH]2)cc1)C(F)(F)F.CC(Oc1ccc(C#Cc2nc3ccc(-c4ccccc4S(N)(=O)=O)cc3[nH]2)cc1)C(F)(F)F. The molecular formula is C51H41F6N5O5S. The van der Waals surface area contributed by atoms with Gasteiger partial charge in [-0.1, -0.05) is 66.4 Å². The van der Waals surface area contributed by atoms with Crippen molar-refractivity contribution in [3.8, 4) is 57.4 Å². The Morgan fingerprint density at radius 3 is 1.43 bits per heavy atom. The van der Waals surface area contributed by atoms with Gasteiger partial charge in [0.15, 0.2) is 23.9 Å². The molecule has 0 fully saturated rings. The Bertz CT molecular complexity index is 3340. The summed E-state index contributed by atoms with van der Waals surface area (Å²) in [6, 6.07) is 37.2. The molecule has 0 radical (unpaired) electrons. The second-order valence-electron chi connectivity index (χ2n) is 15.9. The van der Waals surface area contributed by atoms with Crippen LogP contribution in [0.3, 0.4) is 0 Å². The van der Waals surface area contributed by atoms with E-state index in [2.05, 4.69) is 43.6 Å². The third-order valence-electron chi connectivity index (χ3n) is 10.3. The molecular weight excluding hydrogens is 909 g/mol. The van der Waals surface area contributed by atoms with Crippen molar-refractivity contribution >= 4 is 32.1 Å². The van der Waals surface area contributed by atoms with Crippen molar-refractivity contribution in [2.45, 2.75) is 62.8 Å². The highest BCUT2D eigenvalue weighted by Crippen LogP contribution is 2.34. The van der Waals surface area contributed by atoms with Crippen LogP contribution in [-0.2, 0) is 15.6 Å². The van der Waals surface area contributed by atoms with Gasteiger partial charge in [-0.2, -0.15) is 26.3 Å². The van der Waals surface area contributed by atoms with Crippen molar-refractivity contribution in [3.63, 3.8) is 0 Å². The van der Waals surface area contributed by atoms with Crippen molar-refractivity contribution in [1.82, 2.24) is 19.9 Å². The summed E-state index contributed by atoms with van der Waals surface area (Å²) < 4.78 is 109. The van der Waals surface area contributed by atoms with Gasteiger partial charge in [-0.05, 0) is 141 Å². The van der Waals surface area contributed by atoms with E-state index in [0.717, 1.165) is 41.6 Å². The first-order chi connectivity index (χ1) is 32.0. The first-order valence-electron chi connectivity index (χ1n) is 20.7. The van der Waals surface area contributed by atoms with Crippen LogP contribution in [-0.4, -0.2) is 58.0 Å². The van der Waals surface area contributed by atoms with Crippen molar-refractivity contribution in [2.75, 3.05) is 0 Å². The highest BCUT2D eigenvalue weighted by Gasteiger charge is 2.38. The summed E-state index contributed by atoms with van der Waals surface area (Å²) in [6.45, 7) is 5.41. The molecule has 0 amide bonds. The Morgan fingerprint density at radius 1 is 0.588 bits per heavy atom. The lowest BCUT2D eigenvalue weighted by atomic mass is 9.89. The minimum absolute atomic E-state index is 0.0194. The molecule has 0 aliphatic heterocycles. The number of imidazole rings is 2. The average molecular weight is 950 g/mol. The molecule has 0 spiro atoms. The number of nitrogens with one attached hydrogen (secondary N) is 2. The van der Waals surface area contributed by atoms with E-state index in [1.54, 1.807) is 74.5 Å². The molecule has 2 atom stereocenters. The quantitative estimate of drug-likeness (QED) is 0.0873. The molecule has 17 heteroatoms. The molecule has 0 saturated carbocycles. The fourth-order valence-electron chi connectivity index (χ4n) is 6.73. The number of primary sulfonamides is 1. The van der Waals surface area contributed by atoms with Crippen LogP contribution in [0, 0.1) is 23.7 Å². The minimum atomic E-state index is -4.44. The van der Waals surface area contributed by atoms with Gasteiger partial charge in [0.2, 0.25) is 10.0 Å². The Morgan fingerprint density at radius 2 is 1.00 bits per heavy atom. The number of benzene rings is 6. The zero-order valence-corrected chi connectivity index (χ0v) is 37.4. The number of rotatable bonds is 8. The topological polar surface area (TPSA) is 156 Å². The maximum atomic E-state index is 12.6. The van der Waals surface area contributed by atoms with Crippen LogP contribution >= 0.6 is 0 Å². The Labute approximate surface area is 387 Å². The number of ether oxygens (including phenoxy) is 2. The number of nitrogens with two attached hydrogens (primary N) is 1. The molecule has 0 aliphatic rings. The normalized spacial score (nSPS) is 12.8. The van der Waals surface area contributed by atoms with Crippen molar-refractivity contribution in [2.24, 2.45) is 5.14 Å². The van der Waals surface area contributed by atoms with Crippen LogP contribution in [0.2, 0.25) is 0 Å². The molecule has 68 heavy (non-hydrogen) atoms. The van der Waals surface area contributed by atoms with Gasteiger partial charge >= 0.3 is 12.4 Å². The zero-order chi connectivity index (χ0) is 49.0. The molecule has 2 aromatic heterocycles. The summed E-state index contributed by atoms with van der Waals surface area (Å²) in [5, 5.41) is 15.9. The van der Waals surface area contributed by atoms with E-state index in [9.17, 15) is 39.9 Å². The lowest BCUT2D eigenvalue weighted by molar-refractivity contribution is -0.189. The molecule has 5 N–H and O–H groups in total. The standard InChI is InChI=1S/C27H23F3N2O2.C24H18F3N3O3S/c1-17(27(28,29)30)34-20-12-8-18(9-13-20)10-15-25-31-23-14-11-19(16-24(23)32-25)21-6-4-5-7-22(21)26(2,3)33;1-15(24(25,26)27)33-18-10-6-16(7-11-18)8-13-23-29-20-12-9-17(14-21(20)30-23)19-4-2-3-5-22(19)34(28,31)32/h4-9,11-14,16-17,33H,1-3H3,(H,31,32);2-7,9-12,14-15H,1H3,(H,29,30)(H2,28,31,32). The van der Waals surface area contributed by atoms with Gasteiger partial charge in [-0.3, -0.25) is 0 Å². The number of halogens is 6. The van der Waals surface area contributed by atoms with E-state index in [0.29, 0.717) is 44.9 Å². The number of hydrogen-bond donors (Lipinski definition) is 4. The predicted molar refractivity (Wildman–Crippen MR) is 247 cm³/mol. The van der Waals surface area contributed by atoms with E-state index < -0.39 is 40.2 Å². The fraction of sp³-hybridized carbons (Fsp3) is 0.176. The fourth-order valence-corrected chi connectivity index (χ4v) is 7.49. The van der Waals surface area contributed by atoms with E-state index in [-0.39, 0.29) is 16.4 Å². The van der Waals surface area contributed by atoms with Crippen LogP contribution in [0.1, 0.15) is 56.0 Å². The summed E-state index contributed by atoms with van der Waals surface area (Å²) in [5.41, 5.74) is 6.84. The molecule has 348 valence electrons. The summed E-state index contributed by atoms with van der Waals surface area (Å²) in [7, 11) is -3.90. The smallest absolute Gasteiger partial charge is 0.425 e. The van der Waals surface area contributed by atoms with Crippen LogP contribution in [0.5, 0.6) is 11.5 Å². The first kappa shape index (κ1) is 48.4. The monoisotopic (exact) mass is 949 g/mol. The second kappa shape index (κ2) is 19.3. The summed E-state index contributed by atoms with van der Waals surface area (Å²) in [4.78, 5) is 15.2. The molecule has 0 saturated heterocycles. The van der Waals surface area contributed by atoms with E-state index >= 15 is 0 Å². The van der Waals surface area contributed by atoms with Crippen LogP contribution in [0.4, 0.5) is 26.3 Å². The number of aliphatic hydroxyl groups is 1. The molecule has 10 nitrogen and oxygen atoms in total. The number of alkyl halides is 6. The number of hydrogen-bond acceptors (Lipinski definition) is 7. The van der Waals surface area contributed by atoms with Gasteiger partial charge in [0.25, 0.3) is 0 Å². The van der Waals surface area contributed by atoms with Crippen molar-refractivity contribution in [1.29, 1.82) is 0 Å². The summed E-state index contributed by atoms with van der Waals surface area (Å²) in [6.07, 6.45) is -12.7. The average Bonchev–Trinajstić information content (AvgIpc) is 3.90. The number of sulfonamides is 1. The zero-order valence-electron chi connectivity index (χ0n) is 36.6. The van der Waals surface area contributed by atoms with Gasteiger partial charge in [-0.25, -0.2) is 23.5 Å². The largest absolute Gasteiger partial charge is 0.481 e. The maximum Gasteiger partial charge on any atom is 0.425 e. The van der Waals surface area contributed by atoms with E-state index in [4.69, 9.17) is 14.6 Å². The molecule has 0 bridgehead atoms. The molecule has 8 aromatic rings. The number of aromatic nitrogens is 4. The highest BCUT2D eigenvalue weighted by atomic mass is 32.2. The third-order valence-corrected chi connectivity index (χ3v) is 11.2. The molecule has 2 unspecified atom stereocenters. The Hall–Kier alpha value is -7.57. The van der Waals surface area contributed by atoms with Crippen molar-refractivity contribution in [3.05, 3.63) is 162 Å². The summed E-state index contributed by atoms with van der Waals surface area (Å²) >= 11 is 0. The van der Waals surface area contributed by atoms with Gasteiger partial charge < -0.3 is 24.5 Å². The van der Waals surface area contributed by atoms with Crippen LogP contribution in [0.25, 0.3) is 44.3 Å². The minimum Gasteiger partial charge on any atom is -0.481 e. The van der Waals surface area contributed by atoms with Crippen LogP contribution in [0.15, 0.2) is 138 Å².